The molecular weight excluding hydrogens is 472 g/mol. The van der Waals surface area contributed by atoms with Crippen molar-refractivity contribution in [2.75, 3.05) is 4.90 Å². The van der Waals surface area contributed by atoms with E-state index in [-0.39, 0.29) is 0 Å². The minimum atomic E-state index is 1.13. The third-order valence-corrected chi connectivity index (χ3v) is 7.45. The van der Waals surface area contributed by atoms with Gasteiger partial charge in [-0.3, -0.25) is 0 Å². The molecular formula is C37H28N2. The van der Waals surface area contributed by atoms with Gasteiger partial charge in [0.25, 0.3) is 0 Å². The monoisotopic (exact) mass is 500 g/mol. The van der Waals surface area contributed by atoms with Crippen molar-refractivity contribution in [1.29, 1.82) is 0 Å². The zero-order chi connectivity index (χ0) is 26.2. The molecule has 6 aromatic carbocycles. The van der Waals surface area contributed by atoms with E-state index in [9.17, 15) is 0 Å². The molecule has 7 aromatic rings. The molecule has 0 N–H and O–H groups in total. The summed E-state index contributed by atoms with van der Waals surface area (Å²) in [6, 6.07) is 54.3. The number of aromatic nitrogens is 1. The molecule has 0 atom stereocenters. The quantitative estimate of drug-likeness (QED) is 0.228. The maximum Gasteiger partial charge on any atom is 0.0541 e. The van der Waals surface area contributed by atoms with Crippen molar-refractivity contribution in [2.24, 2.45) is 0 Å². The van der Waals surface area contributed by atoms with Gasteiger partial charge in [0.15, 0.2) is 0 Å². The van der Waals surface area contributed by atoms with Crippen LogP contribution in [0, 0.1) is 6.92 Å². The van der Waals surface area contributed by atoms with Gasteiger partial charge in [-0.05, 0) is 84.8 Å². The molecule has 0 saturated heterocycles. The average Bonchev–Trinajstić information content (AvgIpc) is 3.33. The van der Waals surface area contributed by atoms with E-state index in [1.165, 1.54) is 44.2 Å². The van der Waals surface area contributed by atoms with Gasteiger partial charge < -0.3 is 9.47 Å². The van der Waals surface area contributed by atoms with Crippen LogP contribution in [0.4, 0.5) is 17.1 Å². The number of fused-ring (bicyclic) bond motifs is 3. The summed E-state index contributed by atoms with van der Waals surface area (Å²) < 4.78 is 2.36. The summed E-state index contributed by atoms with van der Waals surface area (Å²) in [6.45, 7) is 2.12. The fraction of sp³-hybridized carbons (Fsp3) is 0.0270. The van der Waals surface area contributed by atoms with Crippen LogP contribution in [0.5, 0.6) is 0 Å². The van der Waals surface area contributed by atoms with Gasteiger partial charge in [-0.15, -0.1) is 0 Å². The Hall–Kier alpha value is -5.08. The molecule has 0 aliphatic heterocycles. The molecule has 39 heavy (non-hydrogen) atoms. The summed E-state index contributed by atoms with van der Waals surface area (Å²) in [5.74, 6) is 0. The Bertz CT molecular complexity index is 1880. The van der Waals surface area contributed by atoms with Crippen molar-refractivity contribution >= 4 is 38.9 Å². The summed E-state index contributed by atoms with van der Waals surface area (Å²) in [6.07, 6.45) is 0. The number of benzene rings is 6. The Morgan fingerprint density at radius 1 is 0.436 bits per heavy atom. The van der Waals surface area contributed by atoms with Crippen molar-refractivity contribution in [3.8, 4) is 16.8 Å². The molecule has 7 rings (SSSR count). The van der Waals surface area contributed by atoms with Crippen molar-refractivity contribution in [3.05, 3.63) is 157 Å². The Balaban J connectivity index is 1.32. The van der Waals surface area contributed by atoms with Gasteiger partial charge in [0.1, 0.15) is 0 Å². The second kappa shape index (κ2) is 9.66. The lowest BCUT2D eigenvalue weighted by molar-refractivity contribution is 1.18. The summed E-state index contributed by atoms with van der Waals surface area (Å²) in [7, 11) is 0. The fourth-order valence-corrected chi connectivity index (χ4v) is 5.53. The molecule has 0 amide bonds. The molecule has 186 valence electrons. The maximum atomic E-state index is 2.36. The lowest BCUT2D eigenvalue weighted by Crippen LogP contribution is -2.09. The largest absolute Gasteiger partial charge is 0.311 e. The van der Waals surface area contributed by atoms with Crippen molar-refractivity contribution in [2.45, 2.75) is 6.92 Å². The summed E-state index contributed by atoms with van der Waals surface area (Å²) in [5.41, 5.74) is 10.7. The highest BCUT2D eigenvalue weighted by Gasteiger charge is 2.15. The van der Waals surface area contributed by atoms with Crippen LogP contribution in [0.2, 0.25) is 0 Å². The van der Waals surface area contributed by atoms with Crippen LogP contribution in [-0.2, 0) is 0 Å². The second-order valence-electron chi connectivity index (χ2n) is 9.97. The Labute approximate surface area is 229 Å². The third-order valence-electron chi connectivity index (χ3n) is 7.45. The normalized spacial score (nSPS) is 11.2. The first-order valence-corrected chi connectivity index (χ1v) is 13.4. The topological polar surface area (TPSA) is 8.17 Å². The van der Waals surface area contributed by atoms with Crippen molar-refractivity contribution < 1.29 is 0 Å². The predicted octanol–water partition coefficient (Wildman–Crippen LogP) is 10.2. The molecule has 0 spiro atoms. The van der Waals surface area contributed by atoms with Gasteiger partial charge in [-0.2, -0.15) is 0 Å². The lowest BCUT2D eigenvalue weighted by atomic mass is 10.0. The van der Waals surface area contributed by atoms with Crippen LogP contribution in [0.15, 0.2) is 152 Å². The molecule has 1 aromatic heterocycles. The first-order valence-electron chi connectivity index (χ1n) is 13.4. The highest BCUT2D eigenvalue weighted by Crippen LogP contribution is 2.37. The number of anilines is 3. The van der Waals surface area contributed by atoms with E-state index in [4.69, 9.17) is 0 Å². The smallest absolute Gasteiger partial charge is 0.0541 e. The van der Waals surface area contributed by atoms with Gasteiger partial charge in [0, 0.05) is 33.5 Å². The number of para-hydroxylation sites is 3. The lowest BCUT2D eigenvalue weighted by Gasteiger charge is -2.25. The molecule has 0 saturated carbocycles. The SMILES string of the molecule is Cc1ccc(N(c2ccccc2)c2ccc(-c3ccc4c(c3)c3ccccc3n4-c3ccccc3)cc2)cc1. The molecule has 0 aliphatic rings. The molecule has 2 heteroatoms. The molecule has 0 aliphatic carbocycles. The van der Waals surface area contributed by atoms with E-state index < -0.39 is 0 Å². The van der Waals surface area contributed by atoms with Crippen LogP contribution < -0.4 is 4.90 Å². The van der Waals surface area contributed by atoms with Crippen molar-refractivity contribution in [3.63, 3.8) is 0 Å². The van der Waals surface area contributed by atoms with Crippen LogP contribution in [0.1, 0.15) is 5.56 Å². The van der Waals surface area contributed by atoms with Crippen LogP contribution in [0.3, 0.4) is 0 Å². The highest BCUT2D eigenvalue weighted by molar-refractivity contribution is 6.10. The van der Waals surface area contributed by atoms with Gasteiger partial charge in [-0.25, -0.2) is 0 Å². The molecule has 0 bridgehead atoms. The number of nitrogens with zero attached hydrogens (tertiary/aromatic N) is 2. The number of hydrogen-bond donors (Lipinski definition) is 0. The first kappa shape index (κ1) is 23.1. The Kier molecular flexibility index (Phi) is 5.71. The van der Waals surface area contributed by atoms with Gasteiger partial charge in [-0.1, -0.05) is 90.5 Å². The third kappa shape index (κ3) is 4.17. The van der Waals surface area contributed by atoms with E-state index in [2.05, 4.69) is 168 Å². The Morgan fingerprint density at radius 2 is 0.974 bits per heavy atom. The minimum absolute atomic E-state index is 1.13. The second-order valence-corrected chi connectivity index (χ2v) is 9.97. The molecule has 0 fully saturated rings. The van der Waals surface area contributed by atoms with E-state index >= 15 is 0 Å². The zero-order valence-corrected chi connectivity index (χ0v) is 21.8. The highest BCUT2D eigenvalue weighted by atomic mass is 15.1. The molecule has 0 unspecified atom stereocenters. The van der Waals surface area contributed by atoms with Gasteiger partial charge in [0.05, 0.1) is 11.0 Å². The number of rotatable bonds is 5. The van der Waals surface area contributed by atoms with Crippen LogP contribution in [0.25, 0.3) is 38.6 Å². The predicted molar refractivity (Wildman–Crippen MR) is 166 cm³/mol. The number of hydrogen-bond acceptors (Lipinski definition) is 1. The van der Waals surface area contributed by atoms with E-state index in [0.29, 0.717) is 0 Å². The minimum Gasteiger partial charge on any atom is -0.311 e. The van der Waals surface area contributed by atoms with Crippen LogP contribution >= 0.6 is 0 Å². The summed E-state index contributed by atoms with van der Waals surface area (Å²) in [4.78, 5) is 2.31. The molecule has 1 heterocycles. The molecule has 2 nitrogen and oxygen atoms in total. The van der Waals surface area contributed by atoms with E-state index in [1.807, 2.05) is 0 Å². The first-order chi connectivity index (χ1) is 19.3. The van der Waals surface area contributed by atoms with Crippen LogP contribution in [-0.4, -0.2) is 4.57 Å². The van der Waals surface area contributed by atoms with E-state index in [0.717, 1.165) is 17.1 Å². The fourth-order valence-electron chi connectivity index (χ4n) is 5.53. The standard InChI is InChI=1S/C37H28N2/c1-27-16-21-32(22-17-27)38(30-10-4-2-5-11-30)33-23-18-28(19-24-33)29-20-25-37-35(26-29)34-14-8-9-15-36(34)39(37)31-12-6-3-7-13-31/h2-26H,1H3. The number of aryl methyl sites for hydroxylation is 1. The van der Waals surface area contributed by atoms with Gasteiger partial charge in [0.2, 0.25) is 0 Å². The zero-order valence-electron chi connectivity index (χ0n) is 21.8. The summed E-state index contributed by atoms with van der Waals surface area (Å²) >= 11 is 0. The summed E-state index contributed by atoms with van der Waals surface area (Å²) in [5, 5.41) is 2.53. The van der Waals surface area contributed by atoms with Crippen molar-refractivity contribution in [1.82, 2.24) is 4.57 Å². The average molecular weight is 501 g/mol. The van der Waals surface area contributed by atoms with E-state index in [1.54, 1.807) is 0 Å². The maximum absolute atomic E-state index is 2.36. The van der Waals surface area contributed by atoms with Gasteiger partial charge >= 0.3 is 0 Å². The molecule has 0 radical (unpaired) electrons. The Morgan fingerprint density at radius 3 is 1.69 bits per heavy atom.